The normalized spacial score (nSPS) is 12.1. The van der Waals surface area contributed by atoms with Crippen LogP contribution in [0.2, 0.25) is 0 Å². The third-order valence-corrected chi connectivity index (χ3v) is 4.04. The molecule has 1 unspecified atom stereocenters. The Morgan fingerprint density at radius 2 is 1.83 bits per heavy atom. The van der Waals surface area contributed by atoms with Crippen molar-refractivity contribution in [1.82, 2.24) is 15.2 Å². The number of ketones is 1. The van der Waals surface area contributed by atoms with E-state index in [1.807, 2.05) is 0 Å². The maximum atomic E-state index is 12.9. The zero-order valence-electron chi connectivity index (χ0n) is 12.1. The van der Waals surface area contributed by atoms with Crippen LogP contribution in [0.3, 0.4) is 0 Å². The topological polar surface area (TPSA) is 68.9 Å². The molecule has 1 aromatic carbocycles. The van der Waals surface area contributed by atoms with Gasteiger partial charge in [-0.05, 0) is 43.3 Å². The van der Waals surface area contributed by atoms with Crippen molar-refractivity contribution in [3.05, 3.63) is 60.2 Å². The molecular formula is C16H12FN3O2S. The monoisotopic (exact) mass is 329 g/mol. The highest BCUT2D eigenvalue weighted by Gasteiger charge is 2.20. The van der Waals surface area contributed by atoms with Crippen molar-refractivity contribution in [3.8, 4) is 11.5 Å². The summed E-state index contributed by atoms with van der Waals surface area (Å²) in [4.78, 5) is 16.2. The Labute approximate surface area is 136 Å². The average Bonchev–Trinajstić information content (AvgIpc) is 3.04. The SMILES string of the molecule is CC(Sc1nnc(-c2ccncc2)o1)C(=O)c1ccc(F)cc1. The molecule has 0 aliphatic heterocycles. The smallest absolute Gasteiger partial charge is 0.277 e. The first-order chi connectivity index (χ1) is 11.1. The molecule has 2 heterocycles. The average molecular weight is 329 g/mol. The van der Waals surface area contributed by atoms with Crippen LogP contribution in [0.15, 0.2) is 58.4 Å². The van der Waals surface area contributed by atoms with Crippen LogP contribution in [-0.2, 0) is 0 Å². The van der Waals surface area contributed by atoms with Gasteiger partial charge in [0.2, 0.25) is 5.89 Å². The first-order valence-electron chi connectivity index (χ1n) is 6.84. The summed E-state index contributed by atoms with van der Waals surface area (Å²) in [5, 5.41) is 7.77. The van der Waals surface area contributed by atoms with Gasteiger partial charge in [-0.15, -0.1) is 10.2 Å². The summed E-state index contributed by atoms with van der Waals surface area (Å²) in [6, 6.07) is 8.97. The third kappa shape index (κ3) is 3.62. The minimum absolute atomic E-state index is 0.126. The number of carbonyl (C=O) groups is 1. The van der Waals surface area contributed by atoms with Crippen LogP contribution < -0.4 is 0 Å². The van der Waals surface area contributed by atoms with E-state index >= 15 is 0 Å². The van der Waals surface area contributed by atoms with Gasteiger partial charge in [0.25, 0.3) is 5.22 Å². The summed E-state index contributed by atoms with van der Waals surface area (Å²) >= 11 is 1.17. The molecule has 5 nitrogen and oxygen atoms in total. The molecule has 0 spiro atoms. The summed E-state index contributed by atoms with van der Waals surface area (Å²) in [5.74, 6) is -0.129. The first-order valence-corrected chi connectivity index (χ1v) is 7.72. The lowest BCUT2D eigenvalue weighted by atomic mass is 10.1. The Kier molecular flexibility index (Phi) is 4.47. The van der Waals surface area contributed by atoms with E-state index in [4.69, 9.17) is 4.42 Å². The lowest BCUT2D eigenvalue weighted by Gasteiger charge is -2.07. The minimum Gasteiger partial charge on any atom is -0.411 e. The molecule has 0 fully saturated rings. The van der Waals surface area contributed by atoms with Crippen LogP contribution in [0.4, 0.5) is 4.39 Å². The van der Waals surface area contributed by atoms with E-state index in [-0.39, 0.29) is 11.6 Å². The van der Waals surface area contributed by atoms with Crippen LogP contribution in [0.1, 0.15) is 17.3 Å². The van der Waals surface area contributed by atoms with Crippen LogP contribution in [0.5, 0.6) is 0 Å². The van der Waals surface area contributed by atoms with Gasteiger partial charge in [-0.3, -0.25) is 9.78 Å². The zero-order chi connectivity index (χ0) is 16.2. The predicted octanol–water partition coefficient (Wildman–Crippen LogP) is 3.63. The lowest BCUT2D eigenvalue weighted by molar-refractivity contribution is 0.0993. The van der Waals surface area contributed by atoms with Crippen molar-refractivity contribution in [2.75, 3.05) is 0 Å². The number of hydrogen-bond acceptors (Lipinski definition) is 6. The fourth-order valence-electron chi connectivity index (χ4n) is 1.92. The molecule has 2 aromatic heterocycles. The number of aromatic nitrogens is 3. The van der Waals surface area contributed by atoms with Crippen molar-refractivity contribution in [1.29, 1.82) is 0 Å². The molecule has 1 atom stereocenters. The van der Waals surface area contributed by atoms with Gasteiger partial charge in [-0.2, -0.15) is 0 Å². The first kappa shape index (κ1) is 15.4. The highest BCUT2D eigenvalue weighted by molar-refractivity contribution is 8.00. The van der Waals surface area contributed by atoms with Crippen LogP contribution in [0.25, 0.3) is 11.5 Å². The second-order valence-electron chi connectivity index (χ2n) is 4.74. The van der Waals surface area contributed by atoms with Gasteiger partial charge in [0.1, 0.15) is 5.82 Å². The standard InChI is InChI=1S/C16H12FN3O2S/c1-10(14(21)11-2-4-13(17)5-3-11)23-16-20-19-15(22-16)12-6-8-18-9-7-12/h2-10H,1H3. The Balaban J connectivity index is 1.71. The van der Waals surface area contributed by atoms with Crippen molar-refractivity contribution < 1.29 is 13.6 Å². The van der Waals surface area contributed by atoms with E-state index in [0.717, 1.165) is 5.56 Å². The number of carbonyl (C=O) groups excluding carboxylic acids is 1. The molecule has 0 aliphatic carbocycles. The molecule has 0 amide bonds. The molecule has 0 bridgehead atoms. The van der Waals surface area contributed by atoms with Crippen molar-refractivity contribution in [2.45, 2.75) is 17.4 Å². The summed E-state index contributed by atoms with van der Waals surface area (Å²) in [5.41, 5.74) is 1.21. The number of pyridine rings is 1. The van der Waals surface area contributed by atoms with E-state index in [0.29, 0.717) is 16.7 Å². The molecule has 0 saturated heterocycles. The van der Waals surface area contributed by atoms with E-state index in [9.17, 15) is 9.18 Å². The van der Waals surface area contributed by atoms with Crippen molar-refractivity contribution in [3.63, 3.8) is 0 Å². The third-order valence-electron chi connectivity index (χ3n) is 3.11. The number of thioether (sulfide) groups is 1. The van der Waals surface area contributed by atoms with Gasteiger partial charge in [-0.1, -0.05) is 11.8 Å². The van der Waals surface area contributed by atoms with Crippen LogP contribution in [0, 0.1) is 5.82 Å². The molecule has 23 heavy (non-hydrogen) atoms. The quantitative estimate of drug-likeness (QED) is 0.526. The van der Waals surface area contributed by atoms with Crippen LogP contribution in [-0.4, -0.2) is 26.2 Å². The highest BCUT2D eigenvalue weighted by atomic mass is 32.2. The molecule has 0 N–H and O–H groups in total. The molecule has 3 aromatic rings. The van der Waals surface area contributed by atoms with Gasteiger partial charge in [-0.25, -0.2) is 4.39 Å². The Bertz CT molecular complexity index is 806. The lowest BCUT2D eigenvalue weighted by Crippen LogP contribution is -2.13. The molecule has 116 valence electrons. The molecule has 3 rings (SSSR count). The van der Waals surface area contributed by atoms with Gasteiger partial charge in [0.05, 0.1) is 5.25 Å². The fraction of sp³-hybridized carbons (Fsp3) is 0.125. The van der Waals surface area contributed by atoms with E-state index < -0.39 is 5.25 Å². The number of benzene rings is 1. The maximum Gasteiger partial charge on any atom is 0.277 e. The fourth-order valence-corrected chi connectivity index (χ4v) is 2.68. The molecule has 0 radical (unpaired) electrons. The Morgan fingerprint density at radius 1 is 1.13 bits per heavy atom. The van der Waals surface area contributed by atoms with Crippen LogP contribution >= 0.6 is 11.8 Å². The number of nitrogens with zero attached hydrogens (tertiary/aromatic N) is 3. The second-order valence-corrected chi connectivity index (χ2v) is 6.03. The molecule has 7 heteroatoms. The van der Waals surface area contributed by atoms with E-state index in [1.54, 1.807) is 31.5 Å². The summed E-state index contributed by atoms with van der Waals surface area (Å²) in [6.07, 6.45) is 3.26. The van der Waals surface area contributed by atoms with E-state index in [1.165, 1.54) is 36.0 Å². The van der Waals surface area contributed by atoms with E-state index in [2.05, 4.69) is 15.2 Å². The Morgan fingerprint density at radius 3 is 2.52 bits per heavy atom. The summed E-state index contributed by atoms with van der Waals surface area (Å²) < 4.78 is 18.5. The van der Waals surface area contributed by atoms with Gasteiger partial charge in [0, 0.05) is 23.5 Å². The van der Waals surface area contributed by atoms with Crippen molar-refractivity contribution in [2.24, 2.45) is 0 Å². The summed E-state index contributed by atoms with van der Waals surface area (Å²) in [7, 11) is 0. The number of rotatable bonds is 5. The van der Waals surface area contributed by atoms with Gasteiger partial charge < -0.3 is 4.42 Å². The largest absolute Gasteiger partial charge is 0.411 e. The zero-order valence-corrected chi connectivity index (χ0v) is 13.0. The maximum absolute atomic E-state index is 12.9. The molecule has 0 aliphatic rings. The van der Waals surface area contributed by atoms with Gasteiger partial charge >= 0.3 is 0 Å². The highest BCUT2D eigenvalue weighted by Crippen LogP contribution is 2.27. The number of hydrogen-bond donors (Lipinski definition) is 0. The molecular weight excluding hydrogens is 317 g/mol. The Hall–Kier alpha value is -2.54. The molecule has 0 saturated carbocycles. The number of Topliss-reactive ketones (excluding diaryl/α,β-unsaturated/α-hetero) is 1. The minimum atomic E-state index is -0.425. The van der Waals surface area contributed by atoms with Crippen molar-refractivity contribution >= 4 is 17.5 Å². The number of halogens is 1. The second kappa shape index (κ2) is 6.70. The predicted molar refractivity (Wildman–Crippen MR) is 83.6 cm³/mol. The summed E-state index contributed by atoms with van der Waals surface area (Å²) in [6.45, 7) is 1.74. The van der Waals surface area contributed by atoms with Gasteiger partial charge in [0.15, 0.2) is 5.78 Å².